The molecule has 0 radical (unpaired) electrons. The van der Waals surface area contributed by atoms with Crippen LogP contribution in [-0.4, -0.2) is 46.6 Å². The highest BCUT2D eigenvalue weighted by Gasteiger charge is 2.25. The van der Waals surface area contributed by atoms with Crippen molar-refractivity contribution in [3.8, 4) is 0 Å². The average Bonchev–Trinajstić information content (AvgIpc) is 2.72. The Hall–Kier alpha value is -1.70. The molecule has 0 aliphatic rings. The fourth-order valence-electron chi connectivity index (χ4n) is 2.42. The van der Waals surface area contributed by atoms with Crippen molar-refractivity contribution in [2.45, 2.75) is 29.5 Å². The molecule has 0 amide bonds. The second kappa shape index (κ2) is 12.1. The molecule has 2 aromatic rings. The van der Waals surface area contributed by atoms with E-state index in [2.05, 4.69) is 21.2 Å². The molecule has 0 saturated heterocycles. The molecule has 29 heavy (non-hydrogen) atoms. The predicted molar refractivity (Wildman–Crippen MR) is 121 cm³/mol. The molecule has 0 spiro atoms. The smallest absolute Gasteiger partial charge is 0.322 e. The fourth-order valence-corrected chi connectivity index (χ4v) is 3.66. The molecule has 0 aromatic heterocycles. The molecular weight excluding hydrogens is 454 g/mol. The van der Waals surface area contributed by atoms with Crippen LogP contribution >= 0.6 is 15.9 Å². The molecule has 158 valence electrons. The Balaban J connectivity index is 1.59. The van der Waals surface area contributed by atoms with Crippen molar-refractivity contribution in [3.63, 3.8) is 0 Å². The van der Waals surface area contributed by atoms with E-state index >= 15 is 0 Å². The van der Waals surface area contributed by atoms with Gasteiger partial charge in [-0.3, -0.25) is 9.00 Å². The minimum atomic E-state index is -0.973. The van der Waals surface area contributed by atoms with Gasteiger partial charge < -0.3 is 14.8 Å². The molecule has 1 N–H and O–H groups in total. The molecule has 0 heterocycles. The van der Waals surface area contributed by atoms with Gasteiger partial charge in [0.15, 0.2) is 0 Å². The monoisotopic (exact) mass is 481 g/mol. The minimum Gasteiger partial charge on any atom is -0.462 e. The van der Waals surface area contributed by atoms with Gasteiger partial charge in [0.05, 0.1) is 24.0 Å². The van der Waals surface area contributed by atoms with Crippen molar-refractivity contribution in [1.29, 1.82) is 0 Å². The highest BCUT2D eigenvalue weighted by Crippen LogP contribution is 2.17. The first-order valence-electron chi connectivity index (χ1n) is 9.56. The number of rotatable bonds is 12. The third-order valence-corrected chi connectivity index (χ3v) is 5.75. The Bertz CT molecular complexity index is 776. The Labute approximate surface area is 183 Å². The number of carbonyl (C=O) groups is 1. The summed E-state index contributed by atoms with van der Waals surface area (Å²) in [4.78, 5) is 12.4. The summed E-state index contributed by atoms with van der Waals surface area (Å²) in [6, 6.07) is 17.7. The van der Waals surface area contributed by atoms with Crippen molar-refractivity contribution in [2.24, 2.45) is 0 Å². The van der Waals surface area contributed by atoms with Crippen molar-refractivity contribution in [2.75, 3.05) is 37.4 Å². The van der Waals surface area contributed by atoms with E-state index in [1.165, 1.54) is 0 Å². The van der Waals surface area contributed by atoms with Crippen LogP contribution in [0.1, 0.15) is 19.4 Å². The van der Waals surface area contributed by atoms with Gasteiger partial charge in [0, 0.05) is 22.9 Å². The molecule has 0 saturated carbocycles. The first kappa shape index (κ1) is 23.6. The van der Waals surface area contributed by atoms with E-state index in [0.29, 0.717) is 25.5 Å². The van der Waals surface area contributed by atoms with Crippen LogP contribution in [-0.2, 0) is 31.5 Å². The number of halogens is 1. The molecular formula is C22H28BrNO4S. The zero-order valence-corrected chi connectivity index (χ0v) is 19.3. The molecule has 0 aliphatic carbocycles. The molecule has 0 aliphatic heterocycles. The van der Waals surface area contributed by atoms with E-state index in [1.807, 2.05) is 54.6 Å². The minimum absolute atomic E-state index is 0.243. The molecule has 1 atom stereocenters. The third-order valence-electron chi connectivity index (χ3n) is 4.06. The second-order valence-electron chi connectivity index (χ2n) is 6.96. The Kier molecular flexibility index (Phi) is 9.84. The number of hydrogen-bond donors (Lipinski definition) is 1. The normalized spacial score (nSPS) is 12.4. The summed E-state index contributed by atoms with van der Waals surface area (Å²) in [7, 11) is -0.973. The van der Waals surface area contributed by atoms with Crippen molar-refractivity contribution in [1.82, 2.24) is 0 Å². The number of hydrogen-bond acceptors (Lipinski definition) is 5. The molecule has 7 heteroatoms. The van der Waals surface area contributed by atoms with E-state index in [-0.39, 0.29) is 12.6 Å². The van der Waals surface area contributed by atoms with Gasteiger partial charge in [0.1, 0.15) is 10.9 Å². The summed E-state index contributed by atoms with van der Waals surface area (Å²) in [6.45, 7) is 5.28. The Morgan fingerprint density at radius 3 is 2.38 bits per heavy atom. The molecule has 0 fully saturated rings. The lowest BCUT2D eigenvalue weighted by Crippen LogP contribution is -2.28. The predicted octanol–water partition coefficient (Wildman–Crippen LogP) is 4.18. The summed E-state index contributed by atoms with van der Waals surface area (Å²) in [6.07, 6.45) is 0.773. The molecule has 0 bridgehead atoms. The van der Waals surface area contributed by atoms with Crippen LogP contribution in [0.15, 0.2) is 59.5 Å². The SMILES string of the molecule is CC(C)(Br)C(=O)OCCOCCNc1ccc(CCS(=O)c2ccccc2)cc1. The number of benzene rings is 2. The van der Waals surface area contributed by atoms with Gasteiger partial charge in [-0.25, -0.2) is 0 Å². The first-order chi connectivity index (χ1) is 13.9. The van der Waals surface area contributed by atoms with Crippen molar-refractivity contribution in [3.05, 3.63) is 60.2 Å². The number of anilines is 1. The number of aryl methyl sites for hydroxylation is 1. The average molecular weight is 482 g/mol. The summed E-state index contributed by atoms with van der Waals surface area (Å²) < 4.78 is 22.2. The van der Waals surface area contributed by atoms with E-state index in [4.69, 9.17) is 9.47 Å². The summed E-state index contributed by atoms with van der Waals surface area (Å²) >= 11 is 3.26. The maximum atomic E-state index is 12.3. The lowest BCUT2D eigenvalue weighted by Gasteiger charge is -2.14. The van der Waals surface area contributed by atoms with Crippen molar-refractivity contribution < 1.29 is 18.5 Å². The van der Waals surface area contributed by atoms with Crippen LogP contribution in [0.3, 0.4) is 0 Å². The van der Waals surface area contributed by atoms with E-state index in [1.54, 1.807) is 13.8 Å². The lowest BCUT2D eigenvalue weighted by atomic mass is 10.1. The van der Waals surface area contributed by atoms with E-state index in [9.17, 15) is 9.00 Å². The van der Waals surface area contributed by atoms with E-state index < -0.39 is 15.1 Å². The van der Waals surface area contributed by atoms with E-state index in [0.717, 1.165) is 22.6 Å². The fraction of sp³-hybridized carbons (Fsp3) is 0.409. The Morgan fingerprint density at radius 2 is 1.72 bits per heavy atom. The lowest BCUT2D eigenvalue weighted by molar-refractivity contribution is -0.146. The van der Waals surface area contributed by atoms with Crippen LogP contribution in [0, 0.1) is 0 Å². The molecule has 2 aromatic carbocycles. The highest BCUT2D eigenvalue weighted by atomic mass is 79.9. The number of nitrogens with one attached hydrogen (secondary N) is 1. The van der Waals surface area contributed by atoms with Gasteiger partial charge in [-0.05, 0) is 50.1 Å². The topological polar surface area (TPSA) is 64.6 Å². The number of esters is 1. The van der Waals surface area contributed by atoms with Gasteiger partial charge in [0.2, 0.25) is 0 Å². The molecule has 1 unspecified atom stereocenters. The van der Waals surface area contributed by atoms with Gasteiger partial charge in [0.25, 0.3) is 0 Å². The quantitative estimate of drug-likeness (QED) is 0.279. The first-order valence-corrected chi connectivity index (χ1v) is 11.7. The van der Waals surface area contributed by atoms with Crippen LogP contribution in [0.4, 0.5) is 5.69 Å². The highest BCUT2D eigenvalue weighted by molar-refractivity contribution is 9.10. The number of alkyl halides is 1. The largest absolute Gasteiger partial charge is 0.462 e. The third kappa shape index (κ3) is 9.10. The summed E-state index contributed by atoms with van der Waals surface area (Å²) in [5.41, 5.74) is 2.17. The zero-order valence-electron chi connectivity index (χ0n) is 16.9. The summed E-state index contributed by atoms with van der Waals surface area (Å²) in [5, 5.41) is 3.29. The standard InChI is InChI=1S/C22H28BrNO4S/c1-22(2,23)21(25)28-16-15-27-14-13-24-19-10-8-18(9-11-19)12-17-29(26)20-6-4-3-5-7-20/h3-11,24H,12-17H2,1-2H3. The second-order valence-corrected chi connectivity index (χ2v) is 10.5. The zero-order chi connectivity index (χ0) is 21.1. The molecule has 5 nitrogen and oxygen atoms in total. The van der Waals surface area contributed by atoms with Crippen molar-refractivity contribution >= 4 is 38.4 Å². The van der Waals surface area contributed by atoms with Gasteiger partial charge in [-0.2, -0.15) is 0 Å². The number of ether oxygens (including phenoxy) is 2. The van der Waals surface area contributed by atoms with Crippen LogP contribution in [0.5, 0.6) is 0 Å². The maximum absolute atomic E-state index is 12.3. The Morgan fingerprint density at radius 1 is 1.03 bits per heavy atom. The van der Waals surface area contributed by atoms with Gasteiger partial charge in [-0.15, -0.1) is 0 Å². The van der Waals surface area contributed by atoms with Crippen LogP contribution in [0.2, 0.25) is 0 Å². The van der Waals surface area contributed by atoms with Crippen LogP contribution < -0.4 is 5.32 Å². The van der Waals surface area contributed by atoms with Gasteiger partial charge in [-0.1, -0.05) is 46.3 Å². The van der Waals surface area contributed by atoms with Gasteiger partial charge >= 0.3 is 5.97 Å². The number of carbonyl (C=O) groups excluding carboxylic acids is 1. The van der Waals surface area contributed by atoms with Crippen LogP contribution in [0.25, 0.3) is 0 Å². The molecule has 2 rings (SSSR count). The maximum Gasteiger partial charge on any atom is 0.322 e. The summed E-state index contributed by atoms with van der Waals surface area (Å²) in [5.74, 6) is 0.313.